The minimum absolute atomic E-state index is 0.296. The first kappa shape index (κ1) is 7.52. The first-order valence-electron chi connectivity index (χ1n) is 3.92. The van der Waals surface area contributed by atoms with Gasteiger partial charge in [-0.05, 0) is 24.8 Å². The second kappa shape index (κ2) is 3.00. The molecule has 1 unspecified atom stereocenters. The summed E-state index contributed by atoms with van der Waals surface area (Å²) in [4.78, 5) is 11.1. The molecule has 0 saturated heterocycles. The maximum absolute atomic E-state index is 11.1. The molecular formula is C9H14O. The first-order chi connectivity index (χ1) is 4.72. The van der Waals surface area contributed by atoms with Gasteiger partial charge >= 0.3 is 0 Å². The van der Waals surface area contributed by atoms with Crippen molar-refractivity contribution in [1.82, 2.24) is 0 Å². The van der Waals surface area contributed by atoms with Crippen LogP contribution in [0.4, 0.5) is 0 Å². The molecule has 1 rings (SSSR count). The third-order valence-corrected chi connectivity index (χ3v) is 2.10. The molecule has 1 nitrogen and oxygen atoms in total. The molecule has 1 aliphatic carbocycles. The number of rotatable bonds is 1. The first-order valence-corrected chi connectivity index (χ1v) is 3.92. The highest BCUT2D eigenvalue weighted by atomic mass is 16.1. The second-order valence-electron chi connectivity index (χ2n) is 3.23. The average Bonchev–Trinajstić information content (AvgIpc) is 1.88. The largest absolute Gasteiger partial charge is 0.295 e. The van der Waals surface area contributed by atoms with Crippen LogP contribution in [0.5, 0.6) is 0 Å². The molecule has 0 spiro atoms. The van der Waals surface area contributed by atoms with E-state index in [9.17, 15) is 4.79 Å². The summed E-state index contributed by atoms with van der Waals surface area (Å²) in [5.74, 6) is 1.13. The van der Waals surface area contributed by atoms with Gasteiger partial charge in [-0.3, -0.25) is 4.79 Å². The Morgan fingerprint density at radius 3 is 2.70 bits per heavy atom. The molecule has 0 aromatic carbocycles. The zero-order valence-corrected chi connectivity index (χ0v) is 6.63. The second-order valence-corrected chi connectivity index (χ2v) is 3.23. The summed E-state index contributed by atoms with van der Waals surface area (Å²) in [6, 6.07) is 0. The van der Waals surface area contributed by atoms with Gasteiger partial charge in [0.15, 0.2) is 5.78 Å². The van der Waals surface area contributed by atoms with Crippen molar-refractivity contribution < 1.29 is 4.79 Å². The van der Waals surface area contributed by atoms with Crippen molar-refractivity contribution in [2.45, 2.75) is 26.7 Å². The van der Waals surface area contributed by atoms with Crippen molar-refractivity contribution in [2.75, 3.05) is 0 Å². The summed E-state index contributed by atoms with van der Waals surface area (Å²) in [5, 5.41) is 0. The van der Waals surface area contributed by atoms with Crippen molar-refractivity contribution in [1.29, 1.82) is 0 Å². The molecule has 0 fully saturated rings. The zero-order valence-electron chi connectivity index (χ0n) is 6.63. The predicted octanol–water partition coefficient (Wildman–Crippen LogP) is 2.18. The van der Waals surface area contributed by atoms with Crippen LogP contribution < -0.4 is 0 Å². The van der Waals surface area contributed by atoms with E-state index in [4.69, 9.17) is 0 Å². The fourth-order valence-electron chi connectivity index (χ4n) is 1.40. The number of hydrogen-bond acceptors (Lipinski definition) is 1. The molecule has 0 bridgehead atoms. The van der Waals surface area contributed by atoms with Crippen LogP contribution in [-0.2, 0) is 4.79 Å². The van der Waals surface area contributed by atoms with Gasteiger partial charge in [0.25, 0.3) is 0 Å². The highest BCUT2D eigenvalue weighted by Gasteiger charge is 2.21. The van der Waals surface area contributed by atoms with Crippen LogP contribution in [0.1, 0.15) is 26.7 Å². The lowest BCUT2D eigenvalue weighted by atomic mass is 9.84. The number of carbonyl (C=O) groups excluding carboxylic acids is 1. The highest BCUT2D eigenvalue weighted by Crippen LogP contribution is 2.22. The van der Waals surface area contributed by atoms with Crippen LogP contribution in [0.15, 0.2) is 12.2 Å². The molecule has 0 aromatic heterocycles. The fourth-order valence-corrected chi connectivity index (χ4v) is 1.40. The summed E-state index contributed by atoms with van der Waals surface area (Å²) in [7, 11) is 0. The maximum atomic E-state index is 11.1. The zero-order chi connectivity index (χ0) is 7.56. The Kier molecular flexibility index (Phi) is 2.25. The molecule has 0 amide bonds. The van der Waals surface area contributed by atoms with Crippen molar-refractivity contribution in [3.05, 3.63) is 12.2 Å². The maximum Gasteiger partial charge on any atom is 0.158 e. The minimum Gasteiger partial charge on any atom is -0.295 e. The van der Waals surface area contributed by atoms with Gasteiger partial charge in [-0.25, -0.2) is 0 Å². The quantitative estimate of drug-likeness (QED) is 0.542. The van der Waals surface area contributed by atoms with E-state index in [1.807, 2.05) is 6.08 Å². The third-order valence-electron chi connectivity index (χ3n) is 2.10. The van der Waals surface area contributed by atoms with E-state index >= 15 is 0 Å². The Morgan fingerprint density at radius 2 is 2.30 bits per heavy atom. The molecule has 0 aromatic rings. The Balaban J connectivity index is 2.61. The third kappa shape index (κ3) is 1.47. The van der Waals surface area contributed by atoms with Crippen LogP contribution in [0.3, 0.4) is 0 Å². The standard InChI is InChI=1S/C9H14O/c1-7(2)8-5-3-4-6-9(8)10/h4,6-8H,3,5H2,1-2H3. The SMILES string of the molecule is CC(C)C1CCC=CC1=O. The van der Waals surface area contributed by atoms with Gasteiger partial charge in [0.2, 0.25) is 0 Å². The molecule has 1 aliphatic rings. The van der Waals surface area contributed by atoms with E-state index in [2.05, 4.69) is 13.8 Å². The van der Waals surface area contributed by atoms with Gasteiger partial charge < -0.3 is 0 Å². The van der Waals surface area contributed by atoms with E-state index in [-0.39, 0.29) is 0 Å². The minimum atomic E-state index is 0.296. The van der Waals surface area contributed by atoms with E-state index in [1.165, 1.54) is 0 Å². The number of hydrogen-bond donors (Lipinski definition) is 0. The normalized spacial score (nSPS) is 25.9. The summed E-state index contributed by atoms with van der Waals surface area (Å²) in [6.07, 6.45) is 5.83. The van der Waals surface area contributed by atoms with Gasteiger partial charge in [0.1, 0.15) is 0 Å². The van der Waals surface area contributed by atoms with E-state index in [0.717, 1.165) is 12.8 Å². The summed E-state index contributed by atoms with van der Waals surface area (Å²) in [6.45, 7) is 4.23. The van der Waals surface area contributed by atoms with Gasteiger partial charge in [-0.1, -0.05) is 19.9 Å². The van der Waals surface area contributed by atoms with Crippen molar-refractivity contribution in [3.63, 3.8) is 0 Å². The Labute approximate surface area is 62.1 Å². The average molecular weight is 138 g/mol. The Bertz CT molecular complexity index is 156. The Morgan fingerprint density at radius 1 is 1.60 bits per heavy atom. The molecule has 1 heteroatoms. The lowest BCUT2D eigenvalue weighted by Gasteiger charge is -2.19. The summed E-state index contributed by atoms with van der Waals surface area (Å²) in [5.41, 5.74) is 0. The van der Waals surface area contributed by atoms with Crippen LogP contribution in [0.25, 0.3) is 0 Å². The molecule has 0 saturated carbocycles. The fraction of sp³-hybridized carbons (Fsp3) is 0.667. The summed E-state index contributed by atoms with van der Waals surface area (Å²) < 4.78 is 0. The molecule has 0 N–H and O–H groups in total. The molecule has 56 valence electrons. The van der Waals surface area contributed by atoms with Crippen molar-refractivity contribution in [2.24, 2.45) is 11.8 Å². The number of carbonyl (C=O) groups is 1. The van der Waals surface area contributed by atoms with Crippen LogP contribution in [0.2, 0.25) is 0 Å². The smallest absolute Gasteiger partial charge is 0.158 e. The molecule has 10 heavy (non-hydrogen) atoms. The van der Waals surface area contributed by atoms with Crippen LogP contribution in [-0.4, -0.2) is 5.78 Å². The lowest BCUT2D eigenvalue weighted by Crippen LogP contribution is -2.20. The molecule has 0 aliphatic heterocycles. The van der Waals surface area contributed by atoms with E-state index in [0.29, 0.717) is 17.6 Å². The van der Waals surface area contributed by atoms with Gasteiger partial charge in [-0.15, -0.1) is 0 Å². The Hall–Kier alpha value is -0.590. The topological polar surface area (TPSA) is 17.1 Å². The number of allylic oxidation sites excluding steroid dienone is 2. The molecule has 0 heterocycles. The lowest BCUT2D eigenvalue weighted by molar-refractivity contribution is -0.120. The molecule has 0 radical (unpaired) electrons. The van der Waals surface area contributed by atoms with Gasteiger partial charge in [0.05, 0.1) is 0 Å². The van der Waals surface area contributed by atoms with Crippen molar-refractivity contribution in [3.8, 4) is 0 Å². The highest BCUT2D eigenvalue weighted by molar-refractivity contribution is 5.92. The van der Waals surface area contributed by atoms with Gasteiger partial charge in [0, 0.05) is 5.92 Å². The van der Waals surface area contributed by atoms with Crippen LogP contribution in [0, 0.1) is 11.8 Å². The molecule has 1 atom stereocenters. The monoisotopic (exact) mass is 138 g/mol. The van der Waals surface area contributed by atoms with Crippen LogP contribution >= 0.6 is 0 Å². The van der Waals surface area contributed by atoms with Gasteiger partial charge in [-0.2, -0.15) is 0 Å². The van der Waals surface area contributed by atoms with Crippen molar-refractivity contribution >= 4 is 5.78 Å². The summed E-state index contributed by atoms with van der Waals surface area (Å²) >= 11 is 0. The van der Waals surface area contributed by atoms with E-state index in [1.54, 1.807) is 6.08 Å². The predicted molar refractivity (Wildman–Crippen MR) is 41.7 cm³/mol. The number of ketones is 1. The molecular weight excluding hydrogens is 124 g/mol. The van der Waals surface area contributed by atoms with E-state index < -0.39 is 0 Å².